The fourth-order valence-electron chi connectivity index (χ4n) is 2.36. The first-order valence-electron chi connectivity index (χ1n) is 5.49. The molecule has 1 aromatic carbocycles. The van der Waals surface area contributed by atoms with Gasteiger partial charge in [0.25, 0.3) is 0 Å². The van der Waals surface area contributed by atoms with Crippen LogP contribution in [0, 0.1) is 5.82 Å². The lowest BCUT2D eigenvalue weighted by Crippen LogP contribution is -2.28. The molecule has 1 aliphatic rings. The first-order valence-corrected chi connectivity index (χ1v) is 5.49. The van der Waals surface area contributed by atoms with Gasteiger partial charge in [0.15, 0.2) is 0 Å². The summed E-state index contributed by atoms with van der Waals surface area (Å²) in [5.41, 5.74) is 7.66. The third-order valence-electron chi connectivity index (χ3n) is 3.05. The van der Waals surface area contributed by atoms with Gasteiger partial charge in [-0.15, -0.1) is 0 Å². The molecule has 0 amide bonds. The van der Waals surface area contributed by atoms with Gasteiger partial charge in [0.1, 0.15) is 5.82 Å². The zero-order valence-corrected chi connectivity index (χ0v) is 9.04. The Kier molecular flexibility index (Phi) is 3.03. The van der Waals surface area contributed by atoms with Crippen molar-refractivity contribution in [1.29, 1.82) is 0 Å². The SMILES string of the molecule is CCCN1Cc2c(F)cccc2C1CN. The third-order valence-corrected chi connectivity index (χ3v) is 3.05. The fourth-order valence-corrected chi connectivity index (χ4v) is 2.36. The maximum absolute atomic E-state index is 13.5. The number of hydrogen-bond donors (Lipinski definition) is 1. The second-order valence-electron chi connectivity index (χ2n) is 4.03. The summed E-state index contributed by atoms with van der Waals surface area (Å²) in [7, 11) is 0. The van der Waals surface area contributed by atoms with E-state index in [2.05, 4.69) is 11.8 Å². The summed E-state index contributed by atoms with van der Waals surface area (Å²) in [6.45, 7) is 4.39. The van der Waals surface area contributed by atoms with E-state index in [0.29, 0.717) is 13.1 Å². The van der Waals surface area contributed by atoms with Gasteiger partial charge < -0.3 is 5.73 Å². The van der Waals surface area contributed by atoms with Gasteiger partial charge in [-0.2, -0.15) is 0 Å². The Morgan fingerprint density at radius 1 is 1.53 bits per heavy atom. The second-order valence-corrected chi connectivity index (χ2v) is 4.03. The van der Waals surface area contributed by atoms with Crippen LogP contribution in [0.15, 0.2) is 18.2 Å². The molecular weight excluding hydrogens is 191 g/mol. The standard InChI is InChI=1S/C12H17FN2/c1-2-6-15-8-10-9(12(15)7-14)4-3-5-11(10)13/h3-5,12H,2,6-8,14H2,1H3. The van der Waals surface area contributed by atoms with E-state index in [-0.39, 0.29) is 11.9 Å². The van der Waals surface area contributed by atoms with Crippen molar-refractivity contribution in [3.05, 3.63) is 35.1 Å². The molecule has 0 aromatic heterocycles. The molecule has 2 N–H and O–H groups in total. The average molecular weight is 208 g/mol. The van der Waals surface area contributed by atoms with Crippen LogP contribution in [0.3, 0.4) is 0 Å². The number of nitrogens with zero attached hydrogens (tertiary/aromatic N) is 1. The molecule has 1 atom stereocenters. The quantitative estimate of drug-likeness (QED) is 0.823. The highest BCUT2D eigenvalue weighted by molar-refractivity contribution is 5.35. The number of hydrogen-bond acceptors (Lipinski definition) is 2. The average Bonchev–Trinajstić information content (AvgIpc) is 2.58. The number of benzene rings is 1. The molecule has 0 saturated carbocycles. The van der Waals surface area contributed by atoms with Crippen LogP contribution >= 0.6 is 0 Å². The van der Waals surface area contributed by atoms with Gasteiger partial charge in [-0.1, -0.05) is 19.1 Å². The summed E-state index contributed by atoms with van der Waals surface area (Å²) in [5, 5.41) is 0. The molecule has 2 rings (SSSR count). The molecule has 0 bridgehead atoms. The maximum Gasteiger partial charge on any atom is 0.128 e. The maximum atomic E-state index is 13.5. The molecule has 0 saturated heterocycles. The van der Waals surface area contributed by atoms with Gasteiger partial charge in [-0.3, -0.25) is 4.90 Å². The number of nitrogens with two attached hydrogens (primary N) is 1. The lowest BCUT2D eigenvalue weighted by Gasteiger charge is -2.22. The van der Waals surface area contributed by atoms with Gasteiger partial charge in [-0.05, 0) is 24.6 Å². The molecule has 1 unspecified atom stereocenters. The molecule has 0 fully saturated rings. The lowest BCUT2D eigenvalue weighted by molar-refractivity contribution is 0.219. The molecule has 0 spiro atoms. The molecule has 82 valence electrons. The Hall–Kier alpha value is -0.930. The van der Waals surface area contributed by atoms with Crippen LogP contribution in [0.4, 0.5) is 4.39 Å². The van der Waals surface area contributed by atoms with E-state index in [4.69, 9.17) is 5.73 Å². The number of fused-ring (bicyclic) bond motifs is 1. The van der Waals surface area contributed by atoms with Crippen LogP contribution in [0.5, 0.6) is 0 Å². The van der Waals surface area contributed by atoms with E-state index in [0.717, 1.165) is 24.1 Å². The lowest BCUT2D eigenvalue weighted by atomic mass is 10.0. The van der Waals surface area contributed by atoms with Gasteiger partial charge in [0.05, 0.1) is 0 Å². The molecule has 2 nitrogen and oxygen atoms in total. The van der Waals surface area contributed by atoms with E-state index in [1.807, 2.05) is 6.07 Å². The van der Waals surface area contributed by atoms with Gasteiger partial charge in [0, 0.05) is 24.7 Å². The van der Waals surface area contributed by atoms with Gasteiger partial charge in [-0.25, -0.2) is 4.39 Å². The summed E-state index contributed by atoms with van der Waals surface area (Å²) < 4.78 is 13.5. The van der Waals surface area contributed by atoms with E-state index < -0.39 is 0 Å². The monoisotopic (exact) mass is 208 g/mol. The van der Waals surface area contributed by atoms with Crippen molar-refractivity contribution >= 4 is 0 Å². The van der Waals surface area contributed by atoms with Crippen molar-refractivity contribution in [3.8, 4) is 0 Å². The normalized spacial score (nSPS) is 20.6. The summed E-state index contributed by atoms with van der Waals surface area (Å²) in [4.78, 5) is 2.26. The van der Waals surface area contributed by atoms with Crippen LogP contribution in [0.25, 0.3) is 0 Å². The van der Waals surface area contributed by atoms with Gasteiger partial charge >= 0.3 is 0 Å². The highest BCUT2D eigenvalue weighted by Crippen LogP contribution is 2.34. The van der Waals surface area contributed by atoms with Crippen LogP contribution in [-0.2, 0) is 6.54 Å². The number of rotatable bonds is 3. The Balaban J connectivity index is 2.32. The van der Waals surface area contributed by atoms with E-state index in [1.165, 1.54) is 6.07 Å². The highest BCUT2D eigenvalue weighted by Gasteiger charge is 2.29. The van der Waals surface area contributed by atoms with E-state index in [1.54, 1.807) is 6.07 Å². The Morgan fingerprint density at radius 3 is 3.00 bits per heavy atom. The first-order chi connectivity index (χ1) is 7.27. The predicted molar refractivity (Wildman–Crippen MR) is 58.9 cm³/mol. The topological polar surface area (TPSA) is 29.3 Å². The smallest absolute Gasteiger partial charge is 0.128 e. The molecule has 1 aliphatic heterocycles. The number of halogens is 1. The molecular formula is C12H17FN2. The molecule has 1 aromatic rings. The molecule has 0 radical (unpaired) electrons. The summed E-state index contributed by atoms with van der Waals surface area (Å²) in [5.74, 6) is -0.0930. The zero-order chi connectivity index (χ0) is 10.8. The highest BCUT2D eigenvalue weighted by atomic mass is 19.1. The van der Waals surface area contributed by atoms with Crippen LogP contribution < -0.4 is 5.73 Å². The predicted octanol–water partition coefficient (Wildman–Crippen LogP) is 2.05. The van der Waals surface area contributed by atoms with Crippen LogP contribution in [0.2, 0.25) is 0 Å². The Labute approximate surface area is 89.9 Å². The van der Waals surface area contributed by atoms with E-state index >= 15 is 0 Å². The van der Waals surface area contributed by atoms with E-state index in [9.17, 15) is 4.39 Å². The van der Waals surface area contributed by atoms with Crippen molar-refractivity contribution in [2.75, 3.05) is 13.1 Å². The van der Waals surface area contributed by atoms with Crippen molar-refractivity contribution in [1.82, 2.24) is 4.90 Å². The first kappa shape index (κ1) is 10.6. The fraction of sp³-hybridized carbons (Fsp3) is 0.500. The van der Waals surface area contributed by atoms with Crippen molar-refractivity contribution < 1.29 is 4.39 Å². The minimum atomic E-state index is -0.0930. The largest absolute Gasteiger partial charge is 0.329 e. The second kappa shape index (κ2) is 4.29. The van der Waals surface area contributed by atoms with Crippen LogP contribution in [0.1, 0.15) is 30.5 Å². The molecule has 0 aliphatic carbocycles. The van der Waals surface area contributed by atoms with Crippen LogP contribution in [-0.4, -0.2) is 18.0 Å². The minimum Gasteiger partial charge on any atom is -0.329 e. The van der Waals surface area contributed by atoms with Crippen molar-refractivity contribution in [3.63, 3.8) is 0 Å². The molecule has 15 heavy (non-hydrogen) atoms. The minimum absolute atomic E-state index is 0.0930. The third kappa shape index (κ3) is 1.77. The van der Waals surface area contributed by atoms with Gasteiger partial charge in [0.2, 0.25) is 0 Å². The molecule has 3 heteroatoms. The summed E-state index contributed by atoms with van der Waals surface area (Å²) in [6, 6.07) is 5.50. The Bertz CT molecular complexity index is 351. The van der Waals surface area contributed by atoms with Crippen molar-refractivity contribution in [2.24, 2.45) is 5.73 Å². The Morgan fingerprint density at radius 2 is 2.33 bits per heavy atom. The van der Waals surface area contributed by atoms with Crippen molar-refractivity contribution in [2.45, 2.75) is 25.9 Å². The molecule has 1 heterocycles. The summed E-state index contributed by atoms with van der Waals surface area (Å²) in [6.07, 6.45) is 1.08. The zero-order valence-electron chi connectivity index (χ0n) is 9.04. The summed E-state index contributed by atoms with van der Waals surface area (Å²) >= 11 is 0.